The van der Waals surface area contributed by atoms with Gasteiger partial charge >= 0.3 is 12.2 Å². The fourth-order valence-electron chi connectivity index (χ4n) is 2.81. The number of amides is 2. The number of carbonyl (C=O) groups excluding carboxylic acids is 2. The molecule has 0 unspecified atom stereocenters. The smallest absolute Gasteiger partial charge is 0.411 e. The quantitative estimate of drug-likeness (QED) is 0.375. The normalized spacial score (nSPS) is 11.3. The van der Waals surface area contributed by atoms with Crippen molar-refractivity contribution in [3.8, 4) is 11.1 Å². The highest BCUT2D eigenvalue weighted by molar-refractivity contribution is 5.88. The van der Waals surface area contributed by atoms with E-state index in [1.54, 1.807) is 24.5 Å². The number of nitrogens with one attached hydrogen (secondary N) is 2. The number of rotatable bonds is 9. The van der Waals surface area contributed by atoms with Crippen LogP contribution in [0.15, 0.2) is 48.8 Å². The van der Waals surface area contributed by atoms with E-state index >= 15 is 0 Å². The van der Waals surface area contributed by atoms with Gasteiger partial charge in [-0.2, -0.15) is 0 Å². The van der Waals surface area contributed by atoms with E-state index in [2.05, 4.69) is 15.6 Å². The Labute approximate surface area is 194 Å². The lowest BCUT2D eigenvalue weighted by Gasteiger charge is -2.18. The second-order valence-corrected chi connectivity index (χ2v) is 8.18. The largest absolute Gasteiger partial charge is 0.447 e. The molecule has 0 aliphatic carbocycles. The first-order valence-electron chi connectivity index (χ1n) is 10.6. The number of pyridine rings is 1. The van der Waals surface area contributed by atoms with Crippen LogP contribution in [0.3, 0.4) is 0 Å². The number of nitrogens with two attached hydrogens (primary N) is 1. The lowest BCUT2D eigenvalue weighted by Crippen LogP contribution is -2.29. The van der Waals surface area contributed by atoms with Crippen LogP contribution < -0.4 is 16.4 Å². The molecule has 0 atom stereocenters. The molecule has 0 saturated heterocycles. The van der Waals surface area contributed by atoms with Gasteiger partial charge in [-0.1, -0.05) is 12.1 Å². The van der Waals surface area contributed by atoms with Crippen LogP contribution in [0, 0.1) is 0 Å². The molecule has 1 heterocycles. The molecule has 178 valence electrons. The molecule has 0 bridgehead atoms. The van der Waals surface area contributed by atoms with Crippen molar-refractivity contribution in [1.82, 2.24) is 10.3 Å². The molecule has 0 aliphatic rings. The predicted molar refractivity (Wildman–Crippen MR) is 128 cm³/mol. The van der Waals surface area contributed by atoms with Crippen LogP contribution >= 0.6 is 0 Å². The number of nitrogens with zero attached hydrogens (tertiary/aromatic N) is 1. The number of allylic oxidation sites excluding steroid dienone is 1. The van der Waals surface area contributed by atoms with Crippen molar-refractivity contribution in [3.05, 3.63) is 54.5 Å². The zero-order valence-corrected chi connectivity index (χ0v) is 19.5. The van der Waals surface area contributed by atoms with Gasteiger partial charge in [0.2, 0.25) is 0 Å². The summed E-state index contributed by atoms with van der Waals surface area (Å²) < 4.78 is 15.0. The Morgan fingerprint density at radius 2 is 1.91 bits per heavy atom. The first kappa shape index (κ1) is 25.7. The molecule has 33 heavy (non-hydrogen) atoms. The maximum absolute atomic E-state index is 11.8. The second-order valence-electron chi connectivity index (χ2n) is 8.18. The van der Waals surface area contributed by atoms with Crippen LogP contribution in [0.4, 0.5) is 21.0 Å². The number of methoxy groups -OCH3 is 1. The highest BCUT2D eigenvalue weighted by Crippen LogP contribution is 2.29. The Morgan fingerprint density at radius 3 is 2.61 bits per heavy atom. The molecule has 2 rings (SSSR count). The number of alkyl carbamates (subject to hydrolysis) is 1. The summed E-state index contributed by atoms with van der Waals surface area (Å²) in [6, 6.07) is 9.12. The van der Waals surface area contributed by atoms with Crippen molar-refractivity contribution >= 4 is 23.6 Å². The minimum Gasteiger partial charge on any atom is -0.447 e. The molecule has 0 radical (unpaired) electrons. The zero-order valence-electron chi connectivity index (χ0n) is 19.5. The van der Waals surface area contributed by atoms with Crippen molar-refractivity contribution < 1.29 is 23.8 Å². The Balaban J connectivity index is 1.92. The molecular formula is C24H32N4O5. The summed E-state index contributed by atoms with van der Waals surface area (Å²) in [5.74, 6) is 0. The number of benzene rings is 1. The van der Waals surface area contributed by atoms with Gasteiger partial charge in [0, 0.05) is 42.1 Å². The van der Waals surface area contributed by atoms with Crippen LogP contribution in [-0.2, 0) is 20.6 Å². The van der Waals surface area contributed by atoms with Gasteiger partial charge < -0.3 is 19.9 Å². The van der Waals surface area contributed by atoms with Crippen molar-refractivity contribution in [2.45, 2.75) is 39.2 Å². The summed E-state index contributed by atoms with van der Waals surface area (Å²) in [6.07, 6.45) is 5.46. The number of hydrogen-bond acceptors (Lipinski definition) is 7. The Morgan fingerprint density at radius 1 is 1.12 bits per heavy atom. The number of hydrogen-bond donors (Lipinski definition) is 3. The number of nitrogen functional groups attached to an aromatic ring is 1. The van der Waals surface area contributed by atoms with E-state index < -0.39 is 17.8 Å². The van der Waals surface area contributed by atoms with Crippen molar-refractivity contribution in [2.75, 3.05) is 31.4 Å². The van der Waals surface area contributed by atoms with Gasteiger partial charge in [-0.3, -0.25) is 15.6 Å². The van der Waals surface area contributed by atoms with Crippen LogP contribution in [0.2, 0.25) is 0 Å². The molecular weight excluding hydrogens is 424 g/mol. The Hall–Kier alpha value is -3.59. The third kappa shape index (κ3) is 9.61. The molecule has 2 aromatic rings. The standard InChI is InChI=1S/C24H32N4O5/c1-24(2,3)33-22(29)27-11-6-5-7-18-15-17(10-12-26-18)20-9-8-19(16-21(20)25)28-23(30)32-14-13-31-4/h6,8-12,15-16H,5,7,13-14,25H2,1-4H3,(H,27,29)(H,28,30). The van der Waals surface area contributed by atoms with E-state index in [1.807, 2.05) is 45.0 Å². The van der Waals surface area contributed by atoms with Crippen molar-refractivity contribution in [3.63, 3.8) is 0 Å². The molecule has 0 aliphatic heterocycles. The summed E-state index contributed by atoms with van der Waals surface area (Å²) in [7, 11) is 1.53. The zero-order chi connectivity index (χ0) is 24.3. The summed E-state index contributed by atoms with van der Waals surface area (Å²) in [4.78, 5) is 27.8. The molecule has 0 saturated carbocycles. The average Bonchev–Trinajstić information content (AvgIpc) is 2.73. The maximum Gasteiger partial charge on any atom is 0.411 e. The van der Waals surface area contributed by atoms with Crippen LogP contribution in [0.1, 0.15) is 32.9 Å². The first-order chi connectivity index (χ1) is 15.7. The van der Waals surface area contributed by atoms with Gasteiger partial charge in [0.05, 0.1) is 6.61 Å². The third-order valence-electron chi connectivity index (χ3n) is 4.23. The number of aryl methyl sites for hydroxylation is 1. The molecule has 9 nitrogen and oxygen atoms in total. The van der Waals surface area contributed by atoms with Crippen LogP contribution in [0.25, 0.3) is 11.1 Å². The minimum absolute atomic E-state index is 0.169. The van der Waals surface area contributed by atoms with Gasteiger partial charge in [0.15, 0.2) is 0 Å². The Bertz CT molecular complexity index is 970. The average molecular weight is 457 g/mol. The minimum atomic E-state index is -0.570. The summed E-state index contributed by atoms with van der Waals surface area (Å²) >= 11 is 0. The number of anilines is 2. The van der Waals surface area contributed by atoms with Crippen molar-refractivity contribution in [2.24, 2.45) is 0 Å². The van der Waals surface area contributed by atoms with Crippen LogP contribution in [-0.4, -0.2) is 43.1 Å². The lowest BCUT2D eigenvalue weighted by molar-refractivity contribution is 0.0552. The van der Waals surface area contributed by atoms with E-state index in [-0.39, 0.29) is 6.61 Å². The van der Waals surface area contributed by atoms with Gasteiger partial charge in [-0.25, -0.2) is 9.59 Å². The molecule has 2 amide bonds. The highest BCUT2D eigenvalue weighted by atomic mass is 16.6. The van der Waals surface area contributed by atoms with Crippen LogP contribution in [0.5, 0.6) is 0 Å². The summed E-state index contributed by atoms with van der Waals surface area (Å²) in [5.41, 5.74) is 9.37. The third-order valence-corrected chi connectivity index (χ3v) is 4.23. The molecule has 4 N–H and O–H groups in total. The number of carbonyl (C=O) groups is 2. The first-order valence-corrected chi connectivity index (χ1v) is 10.6. The highest BCUT2D eigenvalue weighted by Gasteiger charge is 2.14. The lowest BCUT2D eigenvalue weighted by atomic mass is 10.0. The topological polar surface area (TPSA) is 125 Å². The Kier molecular flexibility index (Phi) is 9.68. The van der Waals surface area contributed by atoms with E-state index in [1.165, 1.54) is 7.11 Å². The number of aromatic nitrogens is 1. The van der Waals surface area contributed by atoms with Gasteiger partial charge in [0.25, 0.3) is 0 Å². The fourth-order valence-corrected chi connectivity index (χ4v) is 2.81. The monoisotopic (exact) mass is 456 g/mol. The van der Waals surface area contributed by atoms with E-state index in [9.17, 15) is 9.59 Å². The molecule has 1 aromatic carbocycles. The van der Waals surface area contributed by atoms with Crippen molar-refractivity contribution in [1.29, 1.82) is 0 Å². The second kappa shape index (κ2) is 12.4. The van der Waals surface area contributed by atoms with E-state index in [0.29, 0.717) is 30.8 Å². The fraction of sp³-hybridized carbons (Fsp3) is 0.375. The molecule has 0 fully saturated rings. The molecule has 1 aromatic heterocycles. The van der Waals surface area contributed by atoms with E-state index in [0.717, 1.165) is 16.8 Å². The number of ether oxygens (including phenoxy) is 3. The summed E-state index contributed by atoms with van der Waals surface area (Å²) in [6.45, 7) is 5.93. The summed E-state index contributed by atoms with van der Waals surface area (Å²) in [5, 5.41) is 5.22. The van der Waals surface area contributed by atoms with Gasteiger partial charge in [-0.15, -0.1) is 0 Å². The maximum atomic E-state index is 11.8. The SMILES string of the molecule is COCCOC(=O)Nc1ccc(-c2ccnc(CCC=CNC(=O)OC(C)(C)C)c2)c(N)c1. The van der Waals surface area contributed by atoms with E-state index in [4.69, 9.17) is 19.9 Å². The predicted octanol–water partition coefficient (Wildman–Crippen LogP) is 4.50. The van der Waals surface area contributed by atoms with Gasteiger partial charge in [-0.05, 0) is 63.4 Å². The van der Waals surface area contributed by atoms with Gasteiger partial charge in [0.1, 0.15) is 12.2 Å². The molecule has 0 spiro atoms. The molecule has 9 heteroatoms.